The first-order valence-corrected chi connectivity index (χ1v) is 8.57. The number of carbonyl (C=O) groups excluding carboxylic acids is 1. The molecular weight excluding hydrogens is 320 g/mol. The van der Waals surface area contributed by atoms with Gasteiger partial charge in [-0.25, -0.2) is 4.79 Å². The van der Waals surface area contributed by atoms with E-state index in [-0.39, 0.29) is 18.6 Å². The van der Waals surface area contributed by atoms with Gasteiger partial charge >= 0.3 is 12.1 Å². The quantitative estimate of drug-likeness (QED) is 0.906. The van der Waals surface area contributed by atoms with Crippen LogP contribution in [0.15, 0.2) is 30.3 Å². The summed E-state index contributed by atoms with van der Waals surface area (Å²) >= 11 is 0. The molecule has 1 N–H and O–H groups in total. The van der Waals surface area contributed by atoms with Crippen molar-refractivity contribution in [3.63, 3.8) is 0 Å². The van der Waals surface area contributed by atoms with Crippen molar-refractivity contribution in [2.24, 2.45) is 5.92 Å². The third-order valence-corrected chi connectivity index (χ3v) is 4.67. The van der Waals surface area contributed by atoms with E-state index in [0.717, 1.165) is 5.56 Å². The highest BCUT2D eigenvalue weighted by Gasteiger charge is 2.44. The molecule has 1 amide bonds. The van der Waals surface area contributed by atoms with Crippen molar-refractivity contribution in [2.45, 2.75) is 45.4 Å². The molecule has 1 aliphatic heterocycles. The Hall–Kier alpha value is -2.08. The van der Waals surface area contributed by atoms with Crippen molar-refractivity contribution in [1.29, 1.82) is 0 Å². The summed E-state index contributed by atoms with van der Waals surface area (Å²) in [4.78, 5) is 27.6. The van der Waals surface area contributed by atoms with Crippen molar-refractivity contribution < 1.29 is 19.4 Å². The summed E-state index contributed by atoms with van der Waals surface area (Å²) in [6.45, 7) is 7.97. The lowest BCUT2D eigenvalue weighted by Gasteiger charge is -2.33. The van der Waals surface area contributed by atoms with Gasteiger partial charge in [-0.1, -0.05) is 30.3 Å². The molecule has 0 unspecified atom stereocenters. The van der Waals surface area contributed by atoms with Gasteiger partial charge in [-0.2, -0.15) is 0 Å². The van der Waals surface area contributed by atoms with E-state index in [1.165, 1.54) is 4.90 Å². The molecule has 0 aromatic heterocycles. The normalized spacial score (nSPS) is 22.1. The van der Waals surface area contributed by atoms with E-state index < -0.39 is 23.6 Å². The van der Waals surface area contributed by atoms with Crippen LogP contribution in [0.4, 0.5) is 4.79 Å². The van der Waals surface area contributed by atoms with Crippen LogP contribution < -0.4 is 0 Å². The molecule has 1 aromatic carbocycles. The number of amides is 1. The Morgan fingerprint density at radius 2 is 1.84 bits per heavy atom. The average molecular weight is 348 g/mol. The number of carbonyl (C=O) groups is 2. The van der Waals surface area contributed by atoms with Crippen molar-refractivity contribution in [3.05, 3.63) is 35.9 Å². The Morgan fingerprint density at radius 1 is 1.24 bits per heavy atom. The predicted octanol–water partition coefficient (Wildman–Crippen LogP) is 3.00. The third kappa shape index (κ3) is 4.72. The van der Waals surface area contributed by atoms with Gasteiger partial charge in [0, 0.05) is 25.2 Å². The third-order valence-electron chi connectivity index (χ3n) is 4.67. The van der Waals surface area contributed by atoms with Gasteiger partial charge in [-0.15, -0.1) is 0 Å². The fourth-order valence-corrected chi connectivity index (χ4v) is 3.17. The van der Waals surface area contributed by atoms with Gasteiger partial charge in [0.05, 0.1) is 5.92 Å². The van der Waals surface area contributed by atoms with Gasteiger partial charge in [0.1, 0.15) is 5.60 Å². The number of rotatable bonds is 4. The van der Waals surface area contributed by atoms with Crippen molar-refractivity contribution in [1.82, 2.24) is 9.80 Å². The number of benzene rings is 1. The van der Waals surface area contributed by atoms with Gasteiger partial charge < -0.3 is 14.7 Å². The zero-order valence-corrected chi connectivity index (χ0v) is 15.6. The molecule has 1 aromatic rings. The van der Waals surface area contributed by atoms with Crippen molar-refractivity contribution in [3.8, 4) is 0 Å². The smallest absolute Gasteiger partial charge is 0.410 e. The van der Waals surface area contributed by atoms with E-state index in [1.807, 2.05) is 49.2 Å². The molecule has 25 heavy (non-hydrogen) atoms. The maximum atomic E-state index is 12.3. The standard InChI is InChI=1S/C19H28N2O4/c1-13(14-9-7-6-8-10-14)20(5)16-12-21(11-15(16)17(22)23)18(24)25-19(2,3)4/h6-10,13,15-16H,11-12H2,1-5H3,(H,22,23)/t13-,15-,16-/m1/s1. The number of hydrogen-bond acceptors (Lipinski definition) is 4. The van der Waals surface area contributed by atoms with Crippen molar-refractivity contribution in [2.75, 3.05) is 20.1 Å². The minimum Gasteiger partial charge on any atom is -0.481 e. The number of nitrogens with zero attached hydrogens (tertiary/aromatic N) is 2. The Kier molecular flexibility index (Phi) is 5.72. The summed E-state index contributed by atoms with van der Waals surface area (Å²) < 4.78 is 5.40. The van der Waals surface area contributed by atoms with Crippen LogP contribution in [0.5, 0.6) is 0 Å². The SMILES string of the molecule is C[C@H](c1ccccc1)N(C)[C@@H]1CN(C(=O)OC(C)(C)C)C[C@H]1C(=O)O. The minimum atomic E-state index is -0.886. The molecular formula is C19H28N2O4. The first-order valence-electron chi connectivity index (χ1n) is 8.57. The first-order chi connectivity index (χ1) is 11.6. The topological polar surface area (TPSA) is 70.1 Å². The number of likely N-dealkylation sites (N-methyl/N-ethyl adjacent to an activating group) is 1. The second-order valence-electron chi connectivity index (χ2n) is 7.65. The molecule has 6 heteroatoms. The molecule has 1 fully saturated rings. The molecule has 1 heterocycles. The lowest BCUT2D eigenvalue weighted by Crippen LogP contribution is -2.42. The predicted molar refractivity (Wildman–Crippen MR) is 95.3 cm³/mol. The second-order valence-corrected chi connectivity index (χ2v) is 7.65. The summed E-state index contributed by atoms with van der Waals surface area (Å²) in [5, 5.41) is 9.61. The molecule has 6 nitrogen and oxygen atoms in total. The van der Waals surface area contributed by atoms with E-state index in [4.69, 9.17) is 4.74 Å². The molecule has 2 rings (SSSR count). The molecule has 0 bridgehead atoms. The molecule has 0 radical (unpaired) electrons. The molecule has 1 aliphatic rings. The highest BCUT2D eigenvalue weighted by molar-refractivity contribution is 5.75. The zero-order valence-electron chi connectivity index (χ0n) is 15.6. The van der Waals surface area contributed by atoms with Crippen LogP contribution in [-0.2, 0) is 9.53 Å². The van der Waals surface area contributed by atoms with E-state index in [2.05, 4.69) is 0 Å². The lowest BCUT2D eigenvalue weighted by molar-refractivity contribution is -0.143. The summed E-state index contributed by atoms with van der Waals surface area (Å²) in [5.41, 5.74) is 0.516. The van der Waals surface area contributed by atoms with Crippen LogP contribution in [0.1, 0.15) is 39.3 Å². The monoisotopic (exact) mass is 348 g/mol. The first kappa shape index (κ1) is 19.2. The summed E-state index contributed by atoms with van der Waals surface area (Å²) in [5.74, 6) is -1.52. The molecule has 0 spiro atoms. The van der Waals surface area contributed by atoms with Crippen LogP contribution in [-0.4, -0.2) is 58.7 Å². The molecule has 0 aliphatic carbocycles. The second kappa shape index (κ2) is 7.44. The maximum Gasteiger partial charge on any atom is 0.410 e. The Balaban J connectivity index is 2.15. The van der Waals surface area contributed by atoms with Gasteiger partial charge in [-0.3, -0.25) is 9.69 Å². The maximum absolute atomic E-state index is 12.3. The lowest BCUT2D eigenvalue weighted by atomic mass is 9.99. The number of carboxylic acids is 1. The van der Waals surface area contributed by atoms with E-state index in [0.29, 0.717) is 6.54 Å². The van der Waals surface area contributed by atoms with Crippen LogP contribution >= 0.6 is 0 Å². The molecule has 138 valence electrons. The molecule has 0 saturated carbocycles. The summed E-state index contributed by atoms with van der Waals surface area (Å²) in [7, 11) is 1.91. The Labute approximate surface area is 149 Å². The van der Waals surface area contributed by atoms with E-state index >= 15 is 0 Å². The fraction of sp³-hybridized carbons (Fsp3) is 0.579. The fourth-order valence-electron chi connectivity index (χ4n) is 3.17. The zero-order chi connectivity index (χ0) is 18.8. The van der Waals surface area contributed by atoms with Gasteiger partial charge in [0.15, 0.2) is 0 Å². The minimum absolute atomic E-state index is 0.0478. The summed E-state index contributed by atoms with van der Waals surface area (Å²) in [6, 6.07) is 9.73. The van der Waals surface area contributed by atoms with Gasteiger partial charge in [0.2, 0.25) is 0 Å². The largest absolute Gasteiger partial charge is 0.481 e. The van der Waals surface area contributed by atoms with E-state index in [9.17, 15) is 14.7 Å². The number of carboxylic acid groups (broad SMARTS) is 1. The average Bonchev–Trinajstić information content (AvgIpc) is 2.98. The van der Waals surface area contributed by atoms with Gasteiger partial charge in [-0.05, 0) is 40.3 Å². The number of likely N-dealkylation sites (tertiary alicyclic amines) is 1. The Bertz CT molecular complexity index is 612. The Morgan fingerprint density at radius 3 is 2.36 bits per heavy atom. The highest BCUT2D eigenvalue weighted by Crippen LogP contribution is 2.29. The van der Waals surface area contributed by atoms with Crippen LogP contribution in [0.25, 0.3) is 0 Å². The molecule has 1 saturated heterocycles. The highest BCUT2D eigenvalue weighted by atomic mass is 16.6. The van der Waals surface area contributed by atoms with E-state index in [1.54, 1.807) is 20.8 Å². The number of hydrogen-bond donors (Lipinski definition) is 1. The van der Waals surface area contributed by atoms with Crippen LogP contribution in [0.3, 0.4) is 0 Å². The van der Waals surface area contributed by atoms with Crippen LogP contribution in [0, 0.1) is 5.92 Å². The number of ether oxygens (including phenoxy) is 1. The van der Waals surface area contributed by atoms with Gasteiger partial charge in [0.25, 0.3) is 0 Å². The summed E-state index contributed by atoms with van der Waals surface area (Å²) in [6.07, 6.45) is -0.456. The van der Waals surface area contributed by atoms with Crippen LogP contribution in [0.2, 0.25) is 0 Å². The molecule has 3 atom stereocenters. The van der Waals surface area contributed by atoms with Crippen molar-refractivity contribution >= 4 is 12.1 Å². The number of aliphatic carboxylic acids is 1.